The summed E-state index contributed by atoms with van der Waals surface area (Å²) in [5.74, 6) is -2.44. The van der Waals surface area contributed by atoms with Gasteiger partial charge in [-0.3, -0.25) is 4.79 Å². The van der Waals surface area contributed by atoms with Crippen LogP contribution in [0.1, 0.15) is 128 Å². The van der Waals surface area contributed by atoms with Crippen molar-refractivity contribution in [1.82, 2.24) is 15.1 Å². The molecule has 15 heteroatoms. The van der Waals surface area contributed by atoms with Crippen molar-refractivity contribution in [3.05, 3.63) is 0 Å². The van der Waals surface area contributed by atoms with Crippen LogP contribution < -0.4 is 5.32 Å². The highest BCUT2D eigenvalue weighted by Crippen LogP contribution is 2.45. The molecule has 1 unspecified atom stereocenters. The summed E-state index contributed by atoms with van der Waals surface area (Å²) in [5.41, 5.74) is -4.94. The van der Waals surface area contributed by atoms with Gasteiger partial charge in [-0.2, -0.15) is 0 Å². The average molecular weight is 888 g/mol. The smallest absolute Gasteiger partial charge is 0.311 e. The van der Waals surface area contributed by atoms with Crippen molar-refractivity contribution in [2.45, 2.75) is 218 Å². The lowest BCUT2D eigenvalue weighted by Gasteiger charge is -2.54. The molecular weight excluding hydrogens is 799 g/mol. The van der Waals surface area contributed by atoms with Crippen LogP contribution in [0.4, 0.5) is 0 Å². The van der Waals surface area contributed by atoms with Crippen molar-refractivity contribution < 1.29 is 58.4 Å². The van der Waals surface area contributed by atoms with Crippen LogP contribution in [0.25, 0.3) is 0 Å². The van der Waals surface area contributed by atoms with Crippen LogP contribution in [-0.2, 0) is 38.0 Å². The summed E-state index contributed by atoms with van der Waals surface area (Å²) < 4.78 is 45.3. The minimum absolute atomic E-state index is 0.00623. The molecule has 18 atom stereocenters. The first-order valence-electron chi connectivity index (χ1n) is 23.8. The second kappa shape index (κ2) is 22.2. The fourth-order valence-corrected chi connectivity index (χ4v) is 11.1. The van der Waals surface area contributed by atoms with Crippen LogP contribution in [0.5, 0.6) is 0 Å². The molecule has 62 heavy (non-hydrogen) atoms. The Labute approximate surface area is 374 Å². The van der Waals surface area contributed by atoms with Crippen LogP contribution in [0.2, 0.25) is 0 Å². The van der Waals surface area contributed by atoms with Crippen molar-refractivity contribution >= 4 is 5.97 Å². The van der Waals surface area contributed by atoms with E-state index in [1.54, 1.807) is 27.9 Å². The fourth-order valence-electron chi connectivity index (χ4n) is 11.1. The van der Waals surface area contributed by atoms with Gasteiger partial charge in [-0.1, -0.05) is 41.5 Å². The van der Waals surface area contributed by atoms with Gasteiger partial charge in [-0.15, -0.1) is 0 Å². The van der Waals surface area contributed by atoms with E-state index >= 15 is 0 Å². The predicted octanol–water partition coefficient (Wildman–Crippen LogP) is 4.09. The van der Waals surface area contributed by atoms with Crippen LogP contribution >= 0.6 is 0 Å². The highest BCUT2D eigenvalue weighted by atomic mass is 16.7. The largest absolute Gasteiger partial charge is 0.459 e. The molecule has 0 aliphatic carbocycles. The lowest BCUT2D eigenvalue weighted by molar-refractivity contribution is -0.334. The van der Waals surface area contributed by atoms with Crippen LogP contribution in [0.3, 0.4) is 0 Å². The van der Waals surface area contributed by atoms with Gasteiger partial charge >= 0.3 is 5.97 Å². The van der Waals surface area contributed by atoms with Crippen LogP contribution in [0.15, 0.2) is 0 Å². The Hall–Kier alpha value is -1.05. The number of esters is 1. The third-order valence-electron chi connectivity index (χ3n) is 15.1. The summed E-state index contributed by atoms with van der Waals surface area (Å²) in [4.78, 5) is 19.0. The molecule has 4 rings (SSSR count). The third kappa shape index (κ3) is 12.1. The van der Waals surface area contributed by atoms with E-state index in [0.717, 1.165) is 32.4 Å². The molecule has 0 bridgehead atoms. The maximum Gasteiger partial charge on any atom is 0.311 e. The molecule has 364 valence electrons. The van der Waals surface area contributed by atoms with E-state index in [1.807, 2.05) is 53.6 Å². The summed E-state index contributed by atoms with van der Waals surface area (Å²) in [7, 11) is 5.46. The number of nitrogens with zero attached hydrogens (tertiary/aromatic N) is 2. The number of nitrogens with one attached hydrogen (secondary N) is 1. The summed E-state index contributed by atoms with van der Waals surface area (Å²) in [5, 5.41) is 51.3. The molecule has 0 radical (unpaired) electrons. The molecule has 4 aliphatic rings. The maximum atomic E-state index is 14.6. The number of hydrogen-bond donors (Lipinski definition) is 5. The van der Waals surface area contributed by atoms with Gasteiger partial charge in [0.1, 0.15) is 29.0 Å². The molecule has 4 aliphatic heterocycles. The van der Waals surface area contributed by atoms with Gasteiger partial charge in [0.05, 0.1) is 42.5 Å². The Balaban J connectivity index is 1.80. The highest BCUT2D eigenvalue weighted by molar-refractivity contribution is 5.73. The molecule has 0 amide bonds. The molecule has 15 nitrogen and oxygen atoms in total. The van der Waals surface area contributed by atoms with E-state index in [1.165, 1.54) is 0 Å². The quantitative estimate of drug-likeness (QED) is 0.167. The van der Waals surface area contributed by atoms with Crippen LogP contribution in [-0.4, -0.2) is 180 Å². The zero-order chi connectivity index (χ0) is 46.5. The molecular formula is C47H89N3O12. The molecule has 0 spiro atoms. The molecule has 0 aromatic rings. The first-order chi connectivity index (χ1) is 28.9. The van der Waals surface area contributed by atoms with E-state index in [2.05, 4.69) is 37.9 Å². The third-order valence-corrected chi connectivity index (χ3v) is 15.1. The molecule has 0 aromatic heterocycles. The van der Waals surface area contributed by atoms with Gasteiger partial charge in [0, 0.05) is 57.8 Å². The van der Waals surface area contributed by atoms with Gasteiger partial charge in [-0.05, 0) is 112 Å². The molecule has 5 N–H and O–H groups in total. The predicted molar refractivity (Wildman–Crippen MR) is 237 cm³/mol. The SMILES string of the molecule is CCCN1C[C@H](C)[C@@H](O)[C@](C)(O)[C@@H](CC)OC(=O)[C@H](C)[C@H](O[C@@H]2C[C@](C)(OC)[C@@](O)(CNCC3CCCO3)[C@H](C)O2)[C@H](C)[C@@H](O[C@@H]2O[C@H](C)C[C@H](N(C)C)[C@H]2O)C(C)(C)C[C@H]1C. The van der Waals surface area contributed by atoms with Crippen molar-refractivity contribution in [2.24, 2.45) is 23.2 Å². The number of hydrogen-bond acceptors (Lipinski definition) is 15. The number of carbonyl (C=O) groups is 1. The lowest BCUT2D eigenvalue weighted by Crippen LogP contribution is -2.70. The van der Waals surface area contributed by atoms with E-state index in [-0.39, 0.29) is 49.6 Å². The number of likely N-dealkylation sites (N-methyl/N-ethyl adjacent to an activating group) is 1. The molecule has 4 fully saturated rings. The van der Waals surface area contributed by atoms with Gasteiger partial charge in [0.25, 0.3) is 0 Å². The highest BCUT2D eigenvalue weighted by Gasteiger charge is 2.58. The van der Waals surface area contributed by atoms with Crippen molar-refractivity contribution in [2.75, 3.05) is 54.0 Å². The fraction of sp³-hybridized carbons (Fsp3) is 0.979. The Morgan fingerprint density at radius 1 is 0.968 bits per heavy atom. The Kier molecular flexibility index (Phi) is 19.1. The number of rotatable bonds is 13. The minimum Gasteiger partial charge on any atom is -0.459 e. The molecule has 0 saturated carbocycles. The first kappa shape index (κ1) is 53.6. The number of aliphatic hydroxyl groups is 4. The monoisotopic (exact) mass is 888 g/mol. The Morgan fingerprint density at radius 2 is 1.65 bits per heavy atom. The number of methoxy groups -OCH3 is 1. The van der Waals surface area contributed by atoms with E-state index in [0.29, 0.717) is 25.9 Å². The standard InChI is InChI=1S/C47H89N3O12/c1-16-20-50-26-28(3)40(52)46(12,54)36(17-2)60-42(53)32(7)39(61-37-24-45(11,56-15)47(55,33(8)59-37)27-48-25-34-19-18-21-57-34)31(6)41(44(9,10)23-29(50)4)62-43-38(51)35(49(13)14)22-30(5)58-43/h28-41,43,48,51-52,54-55H,16-27H2,1-15H3/t28-,29+,30+,31-,32+,33-,34?,35-,36+,37+,38+,39+,40+,41+,43-,45-,46+,47+/m0/s1. The zero-order valence-electron chi connectivity index (χ0n) is 41.1. The zero-order valence-corrected chi connectivity index (χ0v) is 41.1. The lowest BCUT2D eigenvalue weighted by atomic mass is 9.72. The molecule has 0 aromatic carbocycles. The Bertz CT molecular complexity index is 1390. The topological polar surface area (TPSA) is 181 Å². The van der Waals surface area contributed by atoms with Gasteiger partial charge < -0.3 is 68.7 Å². The number of ether oxygens (including phenoxy) is 7. The average Bonchev–Trinajstić information content (AvgIpc) is 3.73. The van der Waals surface area contributed by atoms with Crippen LogP contribution in [0, 0.1) is 23.2 Å². The van der Waals surface area contributed by atoms with Crippen molar-refractivity contribution in [3.8, 4) is 0 Å². The van der Waals surface area contributed by atoms with Gasteiger partial charge in [0.2, 0.25) is 0 Å². The second-order valence-corrected chi connectivity index (χ2v) is 20.9. The first-order valence-corrected chi connectivity index (χ1v) is 23.8. The normalized spacial score (nSPS) is 45.7. The van der Waals surface area contributed by atoms with Crippen molar-refractivity contribution in [1.29, 1.82) is 0 Å². The van der Waals surface area contributed by atoms with E-state index in [4.69, 9.17) is 33.2 Å². The summed E-state index contributed by atoms with van der Waals surface area (Å²) >= 11 is 0. The van der Waals surface area contributed by atoms with Gasteiger partial charge in [0.15, 0.2) is 12.6 Å². The maximum absolute atomic E-state index is 14.6. The molecule has 4 heterocycles. The van der Waals surface area contributed by atoms with E-state index < -0.39 is 89.2 Å². The minimum atomic E-state index is -1.75. The molecule has 4 saturated heterocycles. The van der Waals surface area contributed by atoms with Crippen molar-refractivity contribution in [3.63, 3.8) is 0 Å². The van der Waals surface area contributed by atoms with E-state index in [9.17, 15) is 25.2 Å². The second-order valence-electron chi connectivity index (χ2n) is 20.9. The number of carbonyl (C=O) groups excluding carboxylic acids is 1. The summed E-state index contributed by atoms with van der Waals surface area (Å²) in [6.07, 6.45) is -2.94. The summed E-state index contributed by atoms with van der Waals surface area (Å²) in [6.45, 7) is 26.1. The Morgan fingerprint density at radius 3 is 2.23 bits per heavy atom. The summed E-state index contributed by atoms with van der Waals surface area (Å²) in [6, 6.07) is -0.203. The number of aliphatic hydroxyl groups excluding tert-OH is 2. The van der Waals surface area contributed by atoms with Gasteiger partial charge in [-0.25, -0.2) is 0 Å². The number of cyclic esters (lactones) is 1.